The van der Waals surface area contributed by atoms with Gasteiger partial charge in [-0.1, -0.05) is 29.8 Å². The number of esters is 1. The van der Waals surface area contributed by atoms with Gasteiger partial charge >= 0.3 is 5.97 Å². The molecule has 0 unspecified atom stereocenters. The van der Waals surface area contributed by atoms with Gasteiger partial charge in [-0.3, -0.25) is 9.48 Å². The Labute approximate surface area is 185 Å². The van der Waals surface area contributed by atoms with E-state index in [0.717, 1.165) is 16.8 Å². The second kappa shape index (κ2) is 8.62. The summed E-state index contributed by atoms with van der Waals surface area (Å²) in [6.07, 6.45) is 4.41. The number of nitrogens with zero attached hydrogens (tertiary/aromatic N) is 5. The predicted molar refractivity (Wildman–Crippen MR) is 120 cm³/mol. The highest BCUT2D eigenvalue weighted by Crippen LogP contribution is 2.23. The first-order valence-corrected chi connectivity index (χ1v) is 10.4. The van der Waals surface area contributed by atoms with Gasteiger partial charge < -0.3 is 10.1 Å². The van der Waals surface area contributed by atoms with E-state index in [1.165, 1.54) is 6.20 Å². The van der Waals surface area contributed by atoms with Crippen LogP contribution in [0.15, 0.2) is 48.9 Å². The first kappa shape index (κ1) is 21.2. The maximum atomic E-state index is 13.1. The lowest BCUT2D eigenvalue weighted by Crippen LogP contribution is -2.17. The zero-order valence-corrected chi connectivity index (χ0v) is 18.4. The van der Waals surface area contributed by atoms with Gasteiger partial charge in [0.2, 0.25) is 0 Å². The molecule has 164 valence electrons. The van der Waals surface area contributed by atoms with Gasteiger partial charge in [-0.25, -0.2) is 14.3 Å². The van der Waals surface area contributed by atoms with Crippen molar-refractivity contribution in [3.63, 3.8) is 0 Å². The van der Waals surface area contributed by atoms with Crippen LogP contribution in [-0.4, -0.2) is 42.4 Å². The van der Waals surface area contributed by atoms with E-state index >= 15 is 0 Å². The molecule has 3 aromatic heterocycles. The maximum absolute atomic E-state index is 13.1. The van der Waals surface area contributed by atoms with Crippen LogP contribution in [0.1, 0.15) is 47.2 Å². The van der Waals surface area contributed by atoms with Crippen LogP contribution in [-0.2, 0) is 11.3 Å². The van der Waals surface area contributed by atoms with Crippen LogP contribution in [0.25, 0.3) is 16.9 Å². The molecule has 0 bridgehead atoms. The number of nitrogens with one attached hydrogen (secondary N) is 1. The number of ether oxygens (including phenoxy) is 1. The first-order valence-electron chi connectivity index (χ1n) is 10.4. The highest BCUT2D eigenvalue weighted by atomic mass is 16.5. The number of aromatic nitrogens is 5. The van der Waals surface area contributed by atoms with Gasteiger partial charge in [-0.15, -0.1) is 0 Å². The Balaban J connectivity index is 1.67. The Morgan fingerprint density at radius 2 is 1.91 bits per heavy atom. The third-order valence-corrected chi connectivity index (χ3v) is 4.86. The molecule has 0 aliphatic heterocycles. The van der Waals surface area contributed by atoms with Crippen molar-refractivity contribution in [2.75, 3.05) is 5.32 Å². The van der Waals surface area contributed by atoms with Crippen LogP contribution >= 0.6 is 0 Å². The standard InChI is InChI=1S/C23H24N6O3/c1-5-28-13-18(20(27-28)23(31)32-14(2)3)26-22(30)17-12-25-29-19(10-11-24-21(17)29)16-8-6-15(4)7-9-16/h6-14H,5H2,1-4H3,(H,26,30). The van der Waals surface area contributed by atoms with E-state index < -0.39 is 11.9 Å². The van der Waals surface area contributed by atoms with Gasteiger partial charge in [0.15, 0.2) is 11.3 Å². The van der Waals surface area contributed by atoms with Crippen molar-refractivity contribution in [2.45, 2.75) is 40.3 Å². The molecule has 4 aromatic rings. The summed E-state index contributed by atoms with van der Waals surface area (Å²) in [5.41, 5.74) is 3.95. The highest BCUT2D eigenvalue weighted by molar-refractivity contribution is 6.10. The monoisotopic (exact) mass is 432 g/mol. The minimum atomic E-state index is -0.595. The largest absolute Gasteiger partial charge is 0.458 e. The van der Waals surface area contributed by atoms with Crippen molar-refractivity contribution in [3.8, 4) is 11.3 Å². The minimum Gasteiger partial charge on any atom is -0.458 e. The van der Waals surface area contributed by atoms with Gasteiger partial charge in [-0.05, 0) is 33.8 Å². The molecule has 1 N–H and O–H groups in total. The second-order valence-corrected chi connectivity index (χ2v) is 7.65. The third kappa shape index (κ3) is 4.09. The number of fused-ring (bicyclic) bond motifs is 1. The van der Waals surface area contributed by atoms with Gasteiger partial charge in [0.1, 0.15) is 5.56 Å². The third-order valence-electron chi connectivity index (χ3n) is 4.86. The average Bonchev–Trinajstić information content (AvgIpc) is 3.38. The number of aryl methyl sites for hydroxylation is 2. The van der Waals surface area contributed by atoms with Crippen LogP contribution in [0.5, 0.6) is 0 Å². The topological polar surface area (TPSA) is 103 Å². The molecule has 0 saturated heterocycles. The summed E-state index contributed by atoms with van der Waals surface area (Å²) in [6, 6.07) is 9.87. The zero-order valence-electron chi connectivity index (χ0n) is 18.4. The van der Waals surface area contributed by atoms with E-state index in [-0.39, 0.29) is 23.0 Å². The van der Waals surface area contributed by atoms with Crippen molar-refractivity contribution in [2.24, 2.45) is 0 Å². The van der Waals surface area contributed by atoms with Crippen molar-refractivity contribution < 1.29 is 14.3 Å². The number of hydrogen-bond acceptors (Lipinski definition) is 6. The molecule has 3 heterocycles. The lowest BCUT2D eigenvalue weighted by atomic mass is 10.1. The molecule has 0 aliphatic carbocycles. The molecule has 32 heavy (non-hydrogen) atoms. The fourth-order valence-electron chi connectivity index (χ4n) is 3.28. The average molecular weight is 432 g/mol. The van der Waals surface area contributed by atoms with Crippen LogP contribution in [0.3, 0.4) is 0 Å². The van der Waals surface area contributed by atoms with Crippen LogP contribution in [0.2, 0.25) is 0 Å². The fourth-order valence-corrected chi connectivity index (χ4v) is 3.28. The number of carbonyl (C=O) groups excluding carboxylic acids is 2. The molecule has 0 saturated carbocycles. The Bertz CT molecular complexity index is 1290. The molecule has 0 fully saturated rings. The summed E-state index contributed by atoms with van der Waals surface area (Å²) < 4.78 is 8.45. The SMILES string of the molecule is CCn1cc(NC(=O)c2cnn3c(-c4ccc(C)cc4)ccnc23)c(C(=O)OC(C)C)n1. The van der Waals surface area contributed by atoms with Gasteiger partial charge in [-0.2, -0.15) is 10.2 Å². The molecular formula is C23H24N6O3. The molecule has 4 rings (SSSR count). The number of amides is 1. The number of hydrogen-bond donors (Lipinski definition) is 1. The zero-order chi connectivity index (χ0) is 22.8. The highest BCUT2D eigenvalue weighted by Gasteiger charge is 2.23. The van der Waals surface area contributed by atoms with E-state index in [0.29, 0.717) is 12.2 Å². The number of benzene rings is 1. The smallest absolute Gasteiger partial charge is 0.361 e. The molecule has 9 heteroatoms. The Hall–Kier alpha value is -4.01. The summed E-state index contributed by atoms with van der Waals surface area (Å²) in [5.74, 6) is -1.04. The van der Waals surface area contributed by atoms with E-state index in [9.17, 15) is 9.59 Å². The van der Waals surface area contributed by atoms with Crippen molar-refractivity contribution in [1.29, 1.82) is 0 Å². The lowest BCUT2D eigenvalue weighted by Gasteiger charge is -2.08. The van der Waals surface area contributed by atoms with E-state index in [1.807, 2.05) is 44.2 Å². The summed E-state index contributed by atoms with van der Waals surface area (Å²) in [4.78, 5) is 29.9. The summed E-state index contributed by atoms with van der Waals surface area (Å²) in [5, 5.41) is 11.4. The number of anilines is 1. The van der Waals surface area contributed by atoms with E-state index in [1.54, 1.807) is 35.4 Å². The lowest BCUT2D eigenvalue weighted by molar-refractivity contribution is 0.0371. The maximum Gasteiger partial charge on any atom is 0.361 e. The summed E-state index contributed by atoms with van der Waals surface area (Å²) in [6.45, 7) is 7.95. The Morgan fingerprint density at radius 1 is 1.16 bits per heavy atom. The summed E-state index contributed by atoms with van der Waals surface area (Å²) in [7, 11) is 0. The van der Waals surface area contributed by atoms with Crippen molar-refractivity contribution >= 4 is 23.2 Å². The van der Waals surface area contributed by atoms with E-state index in [2.05, 4.69) is 20.5 Å². The van der Waals surface area contributed by atoms with Crippen molar-refractivity contribution in [1.82, 2.24) is 24.4 Å². The molecule has 1 amide bonds. The second-order valence-electron chi connectivity index (χ2n) is 7.65. The molecule has 1 aromatic carbocycles. The van der Waals surface area contributed by atoms with Crippen molar-refractivity contribution in [3.05, 3.63) is 65.7 Å². The Morgan fingerprint density at radius 3 is 2.59 bits per heavy atom. The molecule has 0 atom stereocenters. The minimum absolute atomic E-state index is 0.0543. The predicted octanol–water partition coefficient (Wildman–Crippen LogP) is 3.74. The summed E-state index contributed by atoms with van der Waals surface area (Å²) >= 11 is 0. The normalized spacial score (nSPS) is 11.2. The van der Waals surface area contributed by atoms with E-state index in [4.69, 9.17) is 4.74 Å². The van der Waals surface area contributed by atoms with Gasteiger partial charge in [0.25, 0.3) is 5.91 Å². The van der Waals surface area contributed by atoms with Crippen LogP contribution in [0, 0.1) is 6.92 Å². The molecule has 0 spiro atoms. The molecule has 0 aliphatic rings. The Kier molecular flexibility index (Phi) is 5.72. The van der Waals surface area contributed by atoms with Gasteiger partial charge in [0.05, 0.1) is 23.7 Å². The fraction of sp³-hybridized carbons (Fsp3) is 0.261. The molecule has 9 nitrogen and oxygen atoms in total. The quantitative estimate of drug-likeness (QED) is 0.466. The first-order chi connectivity index (χ1) is 15.4. The number of carbonyl (C=O) groups is 2. The number of rotatable bonds is 6. The molecular weight excluding hydrogens is 408 g/mol. The van der Waals surface area contributed by atoms with Gasteiger partial charge in [0, 0.05) is 24.5 Å². The van der Waals surface area contributed by atoms with Crippen LogP contribution in [0.4, 0.5) is 5.69 Å². The molecule has 0 radical (unpaired) electrons. The van der Waals surface area contributed by atoms with Crippen LogP contribution < -0.4 is 5.32 Å².